The highest BCUT2D eigenvalue weighted by Crippen LogP contribution is 2.40. The van der Waals surface area contributed by atoms with Gasteiger partial charge < -0.3 is 15.4 Å². The minimum atomic E-state index is -0.275. The summed E-state index contributed by atoms with van der Waals surface area (Å²) in [7, 11) is 0. The van der Waals surface area contributed by atoms with Gasteiger partial charge in [0.25, 0.3) is 0 Å². The van der Waals surface area contributed by atoms with Crippen molar-refractivity contribution in [1.82, 2.24) is 9.55 Å². The zero-order valence-electron chi connectivity index (χ0n) is 10.6. The Balaban J connectivity index is 2.04. The molecule has 0 saturated heterocycles. The van der Waals surface area contributed by atoms with E-state index in [1.165, 1.54) is 12.8 Å². The number of nitrogen functional groups attached to an aromatic ring is 1. The van der Waals surface area contributed by atoms with Crippen LogP contribution in [0.15, 0.2) is 18.2 Å². The molecule has 1 aliphatic rings. The normalized spacial score (nSPS) is 17.2. The van der Waals surface area contributed by atoms with Gasteiger partial charge in [0.1, 0.15) is 5.82 Å². The number of aliphatic hydroxyl groups is 1. The number of hydrogen-bond donors (Lipinski definition) is 2. The van der Waals surface area contributed by atoms with Gasteiger partial charge in [-0.25, -0.2) is 4.98 Å². The van der Waals surface area contributed by atoms with Gasteiger partial charge >= 0.3 is 0 Å². The van der Waals surface area contributed by atoms with Crippen molar-refractivity contribution in [3.8, 4) is 0 Å². The molecule has 18 heavy (non-hydrogen) atoms. The molecule has 4 nitrogen and oxygen atoms in total. The lowest BCUT2D eigenvalue weighted by Crippen LogP contribution is -2.09. The van der Waals surface area contributed by atoms with Gasteiger partial charge in [-0.2, -0.15) is 0 Å². The summed E-state index contributed by atoms with van der Waals surface area (Å²) in [4.78, 5) is 4.71. The SMILES string of the molecule is CC(O)CCn1c(C2CC2)nc2cc(N)ccc21. The van der Waals surface area contributed by atoms with Crippen molar-refractivity contribution < 1.29 is 5.11 Å². The van der Waals surface area contributed by atoms with E-state index in [2.05, 4.69) is 4.57 Å². The summed E-state index contributed by atoms with van der Waals surface area (Å²) in [5.74, 6) is 1.77. The molecular formula is C14H19N3O. The largest absolute Gasteiger partial charge is 0.399 e. The topological polar surface area (TPSA) is 64.1 Å². The van der Waals surface area contributed by atoms with Crippen LogP contribution >= 0.6 is 0 Å². The molecule has 1 saturated carbocycles. The molecule has 0 bridgehead atoms. The average molecular weight is 245 g/mol. The van der Waals surface area contributed by atoms with Crippen LogP contribution < -0.4 is 5.73 Å². The van der Waals surface area contributed by atoms with Gasteiger partial charge in [-0.05, 0) is 44.4 Å². The van der Waals surface area contributed by atoms with Crippen LogP contribution in [0.5, 0.6) is 0 Å². The van der Waals surface area contributed by atoms with Crippen molar-refractivity contribution >= 4 is 16.7 Å². The first kappa shape index (κ1) is 11.5. The molecule has 1 aliphatic carbocycles. The van der Waals surface area contributed by atoms with Gasteiger partial charge in [0.2, 0.25) is 0 Å². The highest BCUT2D eigenvalue weighted by molar-refractivity contribution is 5.79. The van der Waals surface area contributed by atoms with Crippen molar-refractivity contribution in [2.24, 2.45) is 0 Å². The van der Waals surface area contributed by atoms with Crippen LogP contribution in [0.4, 0.5) is 5.69 Å². The molecule has 1 atom stereocenters. The molecule has 3 N–H and O–H groups in total. The summed E-state index contributed by atoms with van der Waals surface area (Å²) in [5, 5.41) is 9.46. The highest BCUT2D eigenvalue weighted by Gasteiger charge is 2.29. The smallest absolute Gasteiger partial charge is 0.112 e. The third-order valence-corrected chi connectivity index (χ3v) is 3.51. The number of nitrogens with two attached hydrogens (primary N) is 1. The quantitative estimate of drug-likeness (QED) is 0.812. The van der Waals surface area contributed by atoms with E-state index in [0.717, 1.165) is 35.5 Å². The maximum atomic E-state index is 9.46. The number of benzene rings is 1. The van der Waals surface area contributed by atoms with Gasteiger partial charge in [0.15, 0.2) is 0 Å². The van der Waals surface area contributed by atoms with E-state index < -0.39 is 0 Å². The lowest BCUT2D eigenvalue weighted by Gasteiger charge is -2.10. The monoisotopic (exact) mass is 245 g/mol. The molecule has 96 valence electrons. The second-order valence-corrected chi connectivity index (χ2v) is 5.28. The van der Waals surface area contributed by atoms with Gasteiger partial charge in [0.05, 0.1) is 17.1 Å². The summed E-state index contributed by atoms with van der Waals surface area (Å²) in [6, 6.07) is 5.88. The zero-order valence-corrected chi connectivity index (χ0v) is 10.6. The number of aromatic nitrogens is 2. The fourth-order valence-corrected chi connectivity index (χ4v) is 2.37. The first-order valence-electron chi connectivity index (χ1n) is 6.59. The Morgan fingerprint density at radius 1 is 1.50 bits per heavy atom. The average Bonchev–Trinajstić information content (AvgIpc) is 3.09. The number of aryl methyl sites for hydroxylation is 1. The summed E-state index contributed by atoms with van der Waals surface area (Å²) in [5.41, 5.74) is 8.67. The Morgan fingerprint density at radius 2 is 2.28 bits per heavy atom. The van der Waals surface area contributed by atoms with Crippen LogP contribution in [-0.4, -0.2) is 20.8 Å². The Bertz CT molecular complexity index is 570. The minimum Gasteiger partial charge on any atom is -0.399 e. The van der Waals surface area contributed by atoms with Crippen LogP contribution in [0.25, 0.3) is 11.0 Å². The second-order valence-electron chi connectivity index (χ2n) is 5.28. The van der Waals surface area contributed by atoms with E-state index in [-0.39, 0.29) is 6.10 Å². The van der Waals surface area contributed by atoms with Crippen LogP contribution in [-0.2, 0) is 6.54 Å². The fraction of sp³-hybridized carbons (Fsp3) is 0.500. The number of aliphatic hydroxyl groups excluding tert-OH is 1. The molecule has 4 heteroatoms. The summed E-state index contributed by atoms with van der Waals surface area (Å²) in [6.45, 7) is 2.65. The standard InChI is InChI=1S/C14H19N3O/c1-9(18)6-7-17-13-5-4-11(15)8-12(13)16-14(17)10-2-3-10/h4-5,8-10,18H,2-3,6-7,15H2,1H3. The van der Waals surface area contributed by atoms with E-state index in [0.29, 0.717) is 5.92 Å². The van der Waals surface area contributed by atoms with Crippen LogP contribution in [0.3, 0.4) is 0 Å². The lowest BCUT2D eigenvalue weighted by molar-refractivity contribution is 0.178. The van der Waals surface area contributed by atoms with E-state index in [4.69, 9.17) is 10.7 Å². The van der Waals surface area contributed by atoms with Crippen LogP contribution in [0.2, 0.25) is 0 Å². The van der Waals surface area contributed by atoms with Crippen molar-refractivity contribution in [2.45, 2.75) is 44.8 Å². The van der Waals surface area contributed by atoms with E-state index in [1.54, 1.807) is 0 Å². The van der Waals surface area contributed by atoms with Crippen LogP contribution in [0.1, 0.15) is 37.9 Å². The second kappa shape index (κ2) is 4.28. The Hall–Kier alpha value is -1.55. The highest BCUT2D eigenvalue weighted by atomic mass is 16.3. The van der Waals surface area contributed by atoms with Crippen molar-refractivity contribution in [1.29, 1.82) is 0 Å². The number of anilines is 1. The summed E-state index contributed by atoms with van der Waals surface area (Å²) >= 11 is 0. The number of hydrogen-bond acceptors (Lipinski definition) is 3. The lowest BCUT2D eigenvalue weighted by atomic mass is 10.2. The van der Waals surface area contributed by atoms with E-state index in [1.807, 2.05) is 25.1 Å². The molecule has 3 rings (SSSR count). The molecule has 2 aromatic rings. The van der Waals surface area contributed by atoms with Gasteiger partial charge in [0, 0.05) is 18.2 Å². The molecule has 0 spiro atoms. The first-order valence-corrected chi connectivity index (χ1v) is 6.59. The zero-order chi connectivity index (χ0) is 12.7. The van der Waals surface area contributed by atoms with E-state index in [9.17, 15) is 5.11 Å². The Labute approximate surface area is 106 Å². The van der Waals surface area contributed by atoms with Gasteiger partial charge in [-0.15, -0.1) is 0 Å². The van der Waals surface area contributed by atoms with Gasteiger partial charge in [-0.1, -0.05) is 0 Å². The third-order valence-electron chi connectivity index (χ3n) is 3.51. The molecule has 1 aromatic carbocycles. The van der Waals surface area contributed by atoms with E-state index >= 15 is 0 Å². The van der Waals surface area contributed by atoms with Crippen molar-refractivity contribution in [3.63, 3.8) is 0 Å². The van der Waals surface area contributed by atoms with Crippen molar-refractivity contribution in [2.75, 3.05) is 5.73 Å². The Kier molecular flexibility index (Phi) is 2.74. The molecule has 1 unspecified atom stereocenters. The number of fused-ring (bicyclic) bond motifs is 1. The molecule has 1 fully saturated rings. The van der Waals surface area contributed by atoms with Crippen molar-refractivity contribution in [3.05, 3.63) is 24.0 Å². The fourth-order valence-electron chi connectivity index (χ4n) is 2.37. The maximum absolute atomic E-state index is 9.46. The predicted molar refractivity (Wildman–Crippen MR) is 72.4 cm³/mol. The predicted octanol–water partition coefficient (Wildman–Crippen LogP) is 2.27. The van der Waals surface area contributed by atoms with Gasteiger partial charge in [-0.3, -0.25) is 0 Å². The molecule has 0 amide bonds. The first-order chi connectivity index (χ1) is 8.65. The molecule has 1 heterocycles. The molecule has 0 radical (unpaired) electrons. The number of nitrogens with zero attached hydrogens (tertiary/aromatic N) is 2. The molecule has 1 aromatic heterocycles. The summed E-state index contributed by atoms with van der Waals surface area (Å²) in [6.07, 6.45) is 2.94. The number of rotatable bonds is 4. The molecular weight excluding hydrogens is 226 g/mol. The maximum Gasteiger partial charge on any atom is 0.112 e. The Morgan fingerprint density at radius 3 is 2.94 bits per heavy atom. The third kappa shape index (κ3) is 2.08. The minimum absolute atomic E-state index is 0.275. The van der Waals surface area contributed by atoms with Crippen LogP contribution in [0, 0.1) is 0 Å². The summed E-state index contributed by atoms with van der Waals surface area (Å²) < 4.78 is 2.25. The number of imidazole rings is 1. The molecule has 0 aliphatic heterocycles.